The minimum atomic E-state index is -2.96. The minimum Gasteiger partial charge on any atom is -0.507 e. The molecular formula is C58H72N2O2P2. The van der Waals surface area contributed by atoms with Gasteiger partial charge in [-0.3, -0.25) is 9.49 Å². The van der Waals surface area contributed by atoms with Crippen LogP contribution in [0.3, 0.4) is 0 Å². The van der Waals surface area contributed by atoms with Crippen LogP contribution in [0.4, 0.5) is 0 Å². The van der Waals surface area contributed by atoms with E-state index in [-0.39, 0.29) is 33.7 Å². The van der Waals surface area contributed by atoms with Crippen molar-refractivity contribution in [3.63, 3.8) is 0 Å². The highest BCUT2D eigenvalue weighted by Gasteiger charge is 2.40. The fourth-order valence-corrected chi connectivity index (χ4v) is 17.2. The van der Waals surface area contributed by atoms with E-state index in [0.717, 1.165) is 68.6 Å². The van der Waals surface area contributed by atoms with E-state index in [4.69, 9.17) is 9.49 Å². The molecule has 1 saturated carbocycles. The van der Waals surface area contributed by atoms with Gasteiger partial charge < -0.3 is 10.2 Å². The van der Waals surface area contributed by atoms with Crippen molar-refractivity contribution in [2.75, 3.05) is 0 Å². The number of hydrogen-bond acceptors (Lipinski definition) is 4. The Morgan fingerprint density at radius 2 is 0.656 bits per heavy atom. The molecule has 7 rings (SSSR count). The largest absolute Gasteiger partial charge is 0.507 e. The van der Waals surface area contributed by atoms with Crippen LogP contribution < -0.4 is 31.8 Å². The SMILES string of the molecule is CC(C)(C)c1cc(C(C)(C)C)c(O)c(P(=NC2CCCCC2N=P(c2ccccc2)(c2ccccc2)c2cc(C(C)(C)C)cc(C(C)(C)C)c2O)(c2ccccc2)c2ccccc2)c1. The highest BCUT2D eigenvalue weighted by atomic mass is 31.2. The highest BCUT2D eigenvalue weighted by molar-refractivity contribution is 7.88. The first kappa shape index (κ1) is 47.3. The summed E-state index contributed by atoms with van der Waals surface area (Å²) in [7, 11) is -5.92. The topological polar surface area (TPSA) is 65.2 Å². The molecule has 6 aromatic carbocycles. The third-order valence-electron chi connectivity index (χ3n) is 13.1. The molecule has 0 heterocycles. The van der Waals surface area contributed by atoms with Crippen molar-refractivity contribution in [2.45, 2.75) is 143 Å². The average molecular weight is 891 g/mol. The number of rotatable bonds is 8. The lowest BCUT2D eigenvalue weighted by Crippen LogP contribution is -2.35. The molecule has 1 aliphatic carbocycles. The summed E-state index contributed by atoms with van der Waals surface area (Å²) in [4.78, 5) is 0. The van der Waals surface area contributed by atoms with Crippen LogP contribution in [0, 0.1) is 0 Å². The number of phenolic OH excluding ortho intramolecular Hbond substituents is 2. The van der Waals surface area contributed by atoms with Crippen LogP contribution in [-0.2, 0) is 21.7 Å². The summed E-state index contributed by atoms with van der Waals surface area (Å²) in [6.45, 7) is 26.8. The molecule has 0 saturated heterocycles. The Morgan fingerprint density at radius 1 is 0.391 bits per heavy atom. The van der Waals surface area contributed by atoms with Gasteiger partial charge in [-0.25, -0.2) is 0 Å². The standard InChI is InChI=1S/C58H72N2O2P2/c1-55(2,3)41-37-47(57(7,8)9)53(61)51(39-41)63(43-27-17-13-18-28-43,44-29-19-14-20-30-44)59-49-35-25-26-36-50(49)60-64(45-31-21-15-22-32-45,46-33-23-16-24-34-46)52-40-42(56(4,5)6)38-48(54(52)62)58(10,11)12/h13-24,27-34,37-40,49-50,61-62H,25-26,35-36H2,1-12H3. The van der Waals surface area contributed by atoms with Gasteiger partial charge in [-0.15, -0.1) is 0 Å². The zero-order valence-corrected chi connectivity index (χ0v) is 42.3. The number of phenols is 2. The Morgan fingerprint density at radius 3 is 0.891 bits per heavy atom. The Labute approximate surface area is 385 Å². The number of nitrogens with zero attached hydrogens (tertiary/aromatic N) is 2. The lowest BCUT2D eigenvalue weighted by Gasteiger charge is -2.38. The second kappa shape index (κ2) is 18.0. The van der Waals surface area contributed by atoms with Gasteiger partial charge in [0.15, 0.2) is 0 Å². The molecule has 4 nitrogen and oxygen atoms in total. The molecule has 2 N–H and O–H groups in total. The number of aromatic hydroxyl groups is 2. The third-order valence-corrected chi connectivity index (χ3v) is 20.6. The number of benzene rings is 6. The second-order valence-corrected chi connectivity index (χ2v) is 28.1. The van der Waals surface area contributed by atoms with Crippen LogP contribution in [-0.4, -0.2) is 22.3 Å². The van der Waals surface area contributed by atoms with E-state index in [1.165, 1.54) is 11.1 Å². The first-order valence-electron chi connectivity index (χ1n) is 23.3. The molecule has 1 aliphatic rings. The molecule has 0 bridgehead atoms. The number of hydrogen-bond donors (Lipinski definition) is 2. The molecule has 2 unspecified atom stereocenters. The van der Waals surface area contributed by atoms with E-state index in [1.54, 1.807) is 0 Å². The van der Waals surface area contributed by atoms with Crippen molar-refractivity contribution in [3.8, 4) is 11.5 Å². The van der Waals surface area contributed by atoms with Crippen LogP contribution in [0.1, 0.15) is 131 Å². The van der Waals surface area contributed by atoms with Crippen molar-refractivity contribution in [3.05, 3.63) is 168 Å². The molecule has 0 radical (unpaired) electrons. The summed E-state index contributed by atoms with van der Waals surface area (Å²) >= 11 is 0. The predicted octanol–water partition coefficient (Wildman–Crippen LogP) is 13.3. The maximum absolute atomic E-state index is 12.9. The molecule has 0 amide bonds. The van der Waals surface area contributed by atoms with Gasteiger partial charge in [0.2, 0.25) is 0 Å². The van der Waals surface area contributed by atoms with Crippen LogP contribution in [0.15, 0.2) is 155 Å². The van der Waals surface area contributed by atoms with Gasteiger partial charge in [-0.1, -0.05) is 229 Å². The van der Waals surface area contributed by atoms with Gasteiger partial charge in [0.25, 0.3) is 0 Å². The molecule has 6 heteroatoms. The summed E-state index contributed by atoms with van der Waals surface area (Å²) < 4.78 is 12.8. The molecule has 64 heavy (non-hydrogen) atoms. The van der Waals surface area contributed by atoms with E-state index in [9.17, 15) is 10.2 Å². The van der Waals surface area contributed by atoms with E-state index in [2.05, 4.69) is 229 Å². The third kappa shape index (κ3) is 9.26. The molecule has 2 atom stereocenters. The van der Waals surface area contributed by atoms with E-state index in [0.29, 0.717) is 11.5 Å². The normalized spacial score (nSPS) is 16.6. The Hall–Kier alpha value is -4.62. The molecule has 0 spiro atoms. The zero-order valence-electron chi connectivity index (χ0n) is 40.5. The molecule has 0 aliphatic heterocycles. The summed E-state index contributed by atoms with van der Waals surface area (Å²) in [5, 5.41) is 32.1. The first-order chi connectivity index (χ1) is 30.1. The van der Waals surface area contributed by atoms with Crippen molar-refractivity contribution < 1.29 is 10.2 Å². The van der Waals surface area contributed by atoms with Gasteiger partial charge in [-0.2, -0.15) is 0 Å². The lowest BCUT2D eigenvalue weighted by molar-refractivity contribution is 0.393. The monoisotopic (exact) mass is 891 g/mol. The van der Waals surface area contributed by atoms with E-state index >= 15 is 0 Å². The van der Waals surface area contributed by atoms with E-state index < -0.39 is 14.1 Å². The molecular weight excluding hydrogens is 819 g/mol. The van der Waals surface area contributed by atoms with Crippen LogP contribution in [0.2, 0.25) is 0 Å². The Bertz CT molecular complexity index is 2400. The summed E-state index contributed by atoms with van der Waals surface area (Å²) in [5.74, 6) is 0.673. The average Bonchev–Trinajstić information content (AvgIpc) is 3.25. The first-order valence-corrected chi connectivity index (χ1v) is 26.8. The van der Waals surface area contributed by atoms with Gasteiger partial charge in [0.1, 0.15) is 11.5 Å². The Balaban J connectivity index is 1.68. The fraction of sp³-hybridized carbons (Fsp3) is 0.379. The van der Waals surface area contributed by atoms with E-state index in [1.807, 2.05) is 0 Å². The summed E-state index contributed by atoms with van der Waals surface area (Å²) in [6.07, 6.45) is 3.80. The summed E-state index contributed by atoms with van der Waals surface area (Å²) in [5.41, 5.74) is 3.24. The van der Waals surface area contributed by atoms with Crippen molar-refractivity contribution in [1.29, 1.82) is 0 Å². The van der Waals surface area contributed by atoms with Gasteiger partial charge in [-0.05, 0) is 57.8 Å². The minimum absolute atomic E-state index is 0.180. The van der Waals surface area contributed by atoms with Crippen molar-refractivity contribution in [1.82, 2.24) is 0 Å². The van der Waals surface area contributed by atoms with Gasteiger partial charge in [0, 0.05) is 43.0 Å². The fourth-order valence-electron chi connectivity index (χ4n) is 9.37. The van der Waals surface area contributed by atoms with Gasteiger partial charge >= 0.3 is 0 Å². The van der Waals surface area contributed by atoms with Crippen LogP contribution in [0.5, 0.6) is 11.5 Å². The van der Waals surface area contributed by atoms with Crippen molar-refractivity contribution >= 4 is 45.9 Å². The van der Waals surface area contributed by atoms with Gasteiger partial charge in [0.05, 0.1) is 26.2 Å². The van der Waals surface area contributed by atoms with Crippen LogP contribution >= 0.6 is 14.1 Å². The van der Waals surface area contributed by atoms with Crippen molar-refractivity contribution in [2.24, 2.45) is 9.49 Å². The molecule has 6 aromatic rings. The maximum atomic E-state index is 12.9. The maximum Gasteiger partial charge on any atom is 0.129 e. The molecule has 336 valence electrons. The lowest BCUT2D eigenvalue weighted by atomic mass is 9.80. The predicted molar refractivity (Wildman–Crippen MR) is 279 cm³/mol. The highest BCUT2D eigenvalue weighted by Crippen LogP contribution is 2.56. The quantitative estimate of drug-likeness (QED) is 0.150. The second-order valence-electron chi connectivity index (χ2n) is 22.0. The summed E-state index contributed by atoms with van der Waals surface area (Å²) in [6, 6.07) is 51.8. The molecule has 1 fully saturated rings. The molecule has 0 aromatic heterocycles. The zero-order chi connectivity index (χ0) is 46.3. The van der Waals surface area contributed by atoms with Crippen LogP contribution in [0.25, 0.3) is 0 Å². The Kier molecular flexibility index (Phi) is 13.3. The smallest absolute Gasteiger partial charge is 0.129 e.